The van der Waals surface area contributed by atoms with Crippen molar-refractivity contribution in [2.24, 2.45) is 0 Å². The lowest BCUT2D eigenvalue weighted by Crippen LogP contribution is -2.31. The van der Waals surface area contributed by atoms with E-state index >= 15 is 0 Å². The topological polar surface area (TPSA) is 6.48 Å². The number of anilines is 1. The maximum absolute atomic E-state index is 2.54. The molecule has 1 saturated heterocycles. The smallest absolute Gasteiger partial charge is 0.0361 e. The molecule has 2 rings (SSSR count). The maximum atomic E-state index is 2.54. The Balaban J connectivity index is 1.93. The Morgan fingerprint density at radius 3 is 2.31 bits per heavy atom. The maximum Gasteiger partial charge on any atom is 0.0361 e. The standard InChI is InChI=1S/C13H20N2S/c1-14(2)13-5-3-12(4-6-13)11-15-7-9-16-10-8-15/h3-6H,7-11H2,1-2H3. The zero-order valence-corrected chi connectivity index (χ0v) is 11.0. The minimum Gasteiger partial charge on any atom is -0.378 e. The molecule has 1 aromatic carbocycles. The first-order valence-corrected chi connectivity index (χ1v) is 6.97. The molecule has 0 bridgehead atoms. The van der Waals surface area contributed by atoms with Gasteiger partial charge in [-0.05, 0) is 17.7 Å². The lowest BCUT2D eigenvalue weighted by atomic mass is 10.2. The van der Waals surface area contributed by atoms with Crippen molar-refractivity contribution >= 4 is 17.4 Å². The summed E-state index contributed by atoms with van der Waals surface area (Å²) in [6, 6.07) is 8.90. The van der Waals surface area contributed by atoms with Gasteiger partial charge in [0, 0.05) is 50.9 Å². The van der Waals surface area contributed by atoms with Gasteiger partial charge in [-0.2, -0.15) is 11.8 Å². The van der Waals surface area contributed by atoms with Crippen molar-refractivity contribution in [3.05, 3.63) is 29.8 Å². The van der Waals surface area contributed by atoms with Gasteiger partial charge in [0.2, 0.25) is 0 Å². The van der Waals surface area contributed by atoms with E-state index in [-0.39, 0.29) is 0 Å². The van der Waals surface area contributed by atoms with E-state index in [1.54, 1.807) is 0 Å². The molecule has 1 heterocycles. The fourth-order valence-corrected chi connectivity index (χ4v) is 2.90. The highest BCUT2D eigenvalue weighted by Crippen LogP contribution is 2.16. The molecule has 1 fully saturated rings. The number of thioether (sulfide) groups is 1. The van der Waals surface area contributed by atoms with Crippen LogP contribution in [0.5, 0.6) is 0 Å². The van der Waals surface area contributed by atoms with E-state index in [9.17, 15) is 0 Å². The highest BCUT2D eigenvalue weighted by molar-refractivity contribution is 7.99. The Morgan fingerprint density at radius 1 is 1.12 bits per heavy atom. The SMILES string of the molecule is CN(C)c1ccc(CN2CCSCC2)cc1. The predicted molar refractivity (Wildman–Crippen MR) is 73.4 cm³/mol. The van der Waals surface area contributed by atoms with Crippen LogP contribution in [0.1, 0.15) is 5.56 Å². The summed E-state index contributed by atoms with van der Waals surface area (Å²) >= 11 is 2.07. The number of hydrogen-bond acceptors (Lipinski definition) is 3. The third-order valence-electron chi connectivity index (χ3n) is 2.96. The van der Waals surface area contributed by atoms with Crippen molar-refractivity contribution in [1.82, 2.24) is 4.90 Å². The highest BCUT2D eigenvalue weighted by atomic mass is 32.2. The predicted octanol–water partition coefficient (Wildman–Crippen LogP) is 2.30. The number of benzene rings is 1. The molecule has 0 spiro atoms. The van der Waals surface area contributed by atoms with Gasteiger partial charge >= 0.3 is 0 Å². The molecule has 16 heavy (non-hydrogen) atoms. The highest BCUT2D eigenvalue weighted by Gasteiger charge is 2.10. The first kappa shape index (κ1) is 11.8. The molecule has 88 valence electrons. The van der Waals surface area contributed by atoms with E-state index in [1.165, 1.54) is 35.8 Å². The van der Waals surface area contributed by atoms with Crippen LogP contribution in [0.4, 0.5) is 5.69 Å². The monoisotopic (exact) mass is 236 g/mol. The van der Waals surface area contributed by atoms with Crippen LogP contribution in [0.25, 0.3) is 0 Å². The van der Waals surface area contributed by atoms with Crippen LogP contribution in [-0.2, 0) is 6.54 Å². The molecular weight excluding hydrogens is 216 g/mol. The van der Waals surface area contributed by atoms with Gasteiger partial charge in [0.1, 0.15) is 0 Å². The lowest BCUT2D eigenvalue weighted by molar-refractivity contribution is 0.294. The van der Waals surface area contributed by atoms with Gasteiger partial charge in [0.05, 0.1) is 0 Å². The average Bonchev–Trinajstić information content (AvgIpc) is 2.31. The van der Waals surface area contributed by atoms with E-state index in [0.717, 1.165) is 6.54 Å². The summed E-state index contributed by atoms with van der Waals surface area (Å²) in [5, 5.41) is 0. The number of nitrogens with zero attached hydrogens (tertiary/aromatic N) is 2. The van der Waals surface area contributed by atoms with Crippen LogP contribution in [0, 0.1) is 0 Å². The Bertz CT molecular complexity index is 315. The van der Waals surface area contributed by atoms with Crippen molar-refractivity contribution in [2.45, 2.75) is 6.54 Å². The Hall–Kier alpha value is -0.670. The summed E-state index contributed by atoms with van der Waals surface area (Å²) in [7, 11) is 4.16. The number of hydrogen-bond donors (Lipinski definition) is 0. The normalized spacial score (nSPS) is 17.4. The largest absolute Gasteiger partial charge is 0.378 e. The van der Waals surface area contributed by atoms with Crippen LogP contribution >= 0.6 is 11.8 Å². The molecular formula is C13H20N2S. The number of rotatable bonds is 3. The molecule has 0 saturated carbocycles. The first-order chi connectivity index (χ1) is 7.75. The van der Waals surface area contributed by atoms with Crippen LogP contribution < -0.4 is 4.90 Å². The van der Waals surface area contributed by atoms with Gasteiger partial charge in [-0.25, -0.2) is 0 Å². The Morgan fingerprint density at radius 2 is 1.75 bits per heavy atom. The molecule has 1 aliphatic heterocycles. The molecule has 1 aliphatic rings. The van der Waals surface area contributed by atoms with Gasteiger partial charge in [-0.1, -0.05) is 12.1 Å². The van der Waals surface area contributed by atoms with E-state index in [1.807, 2.05) is 0 Å². The zero-order valence-electron chi connectivity index (χ0n) is 10.1. The third kappa shape index (κ3) is 3.16. The van der Waals surface area contributed by atoms with E-state index in [2.05, 4.69) is 59.9 Å². The second kappa shape index (κ2) is 5.60. The molecule has 0 N–H and O–H groups in total. The van der Waals surface area contributed by atoms with Crippen LogP contribution in [0.2, 0.25) is 0 Å². The molecule has 0 atom stereocenters. The fourth-order valence-electron chi connectivity index (χ4n) is 1.92. The lowest BCUT2D eigenvalue weighted by Gasteiger charge is -2.26. The van der Waals surface area contributed by atoms with Gasteiger partial charge in [-0.15, -0.1) is 0 Å². The summed E-state index contributed by atoms with van der Waals surface area (Å²) < 4.78 is 0. The molecule has 1 aromatic rings. The van der Waals surface area contributed by atoms with Gasteiger partial charge < -0.3 is 4.90 Å². The Labute approximate surface area is 103 Å². The van der Waals surface area contributed by atoms with Gasteiger partial charge in [-0.3, -0.25) is 4.90 Å². The average molecular weight is 236 g/mol. The Kier molecular flexibility index (Phi) is 4.13. The summed E-state index contributed by atoms with van der Waals surface area (Å²) in [6.45, 7) is 3.58. The fraction of sp³-hybridized carbons (Fsp3) is 0.538. The zero-order chi connectivity index (χ0) is 11.4. The first-order valence-electron chi connectivity index (χ1n) is 5.82. The van der Waals surface area contributed by atoms with Crippen molar-refractivity contribution in [2.75, 3.05) is 43.6 Å². The molecule has 0 aliphatic carbocycles. The minimum absolute atomic E-state index is 1.11. The summed E-state index contributed by atoms with van der Waals surface area (Å²) in [6.07, 6.45) is 0. The van der Waals surface area contributed by atoms with Crippen LogP contribution in [0.3, 0.4) is 0 Å². The summed E-state index contributed by atoms with van der Waals surface area (Å²) in [5.74, 6) is 2.57. The van der Waals surface area contributed by atoms with Crippen LogP contribution in [0.15, 0.2) is 24.3 Å². The molecule has 0 unspecified atom stereocenters. The molecule has 2 nitrogen and oxygen atoms in total. The second-order valence-electron chi connectivity index (χ2n) is 4.45. The third-order valence-corrected chi connectivity index (χ3v) is 3.91. The van der Waals surface area contributed by atoms with Crippen molar-refractivity contribution in [1.29, 1.82) is 0 Å². The van der Waals surface area contributed by atoms with Crippen LogP contribution in [-0.4, -0.2) is 43.6 Å². The molecule has 0 radical (unpaired) electrons. The van der Waals surface area contributed by atoms with E-state index in [4.69, 9.17) is 0 Å². The molecule has 3 heteroatoms. The summed E-state index contributed by atoms with van der Waals surface area (Å²) in [5.41, 5.74) is 2.70. The van der Waals surface area contributed by atoms with Gasteiger partial charge in [0.25, 0.3) is 0 Å². The quantitative estimate of drug-likeness (QED) is 0.795. The van der Waals surface area contributed by atoms with Crippen molar-refractivity contribution < 1.29 is 0 Å². The molecule has 0 aromatic heterocycles. The van der Waals surface area contributed by atoms with E-state index < -0.39 is 0 Å². The van der Waals surface area contributed by atoms with Crippen molar-refractivity contribution in [3.63, 3.8) is 0 Å². The van der Waals surface area contributed by atoms with Crippen molar-refractivity contribution in [3.8, 4) is 0 Å². The van der Waals surface area contributed by atoms with E-state index in [0.29, 0.717) is 0 Å². The minimum atomic E-state index is 1.11. The second-order valence-corrected chi connectivity index (χ2v) is 5.67. The molecule has 0 amide bonds. The summed E-state index contributed by atoms with van der Waals surface area (Å²) in [4.78, 5) is 4.68. The van der Waals surface area contributed by atoms with Gasteiger partial charge in [0.15, 0.2) is 0 Å².